The van der Waals surface area contributed by atoms with Crippen LogP contribution in [-0.4, -0.2) is 18.1 Å². The molecule has 0 fully saturated rings. The molecule has 2 aromatic rings. The molecule has 23 heavy (non-hydrogen) atoms. The van der Waals surface area contributed by atoms with Crippen LogP contribution < -0.4 is 0 Å². The topological polar surface area (TPSA) is 39.2 Å². The minimum absolute atomic E-state index is 0.0436. The number of nitrogens with zero attached hydrogens (tertiary/aromatic N) is 1. The number of esters is 1. The molecule has 0 N–H and O–H groups in total. The number of carbonyl (C=O) groups is 1. The lowest BCUT2D eigenvalue weighted by Crippen LogP contribution is -2.12. The molecular weight excluding hydrogens is 378 g/mol. The molecule has 0 aliphatic heterocycles. The normalized spacial score (nSPS) is 11.4. The Labute approximate surface area is 143 Å². The molecule has 1 aromatic carbocycles. The van der Waals surface area contributed by atoms with E-state index in [0.717, 1.165) is 13.2 Å². The van der Waals surface area contributed by atoms with Crippen molar-refractivity contribution in [2.24, 2.45) is 0 Å². The lowest BCUT2D eigenvalue weighted by atomic mass is 10.1. The molecule has 3 nitrogen and oxygen atoms in total. The standard InChI is InChI=1S/C14H7Cl3F3NO2/c1-23-13(22)6-2-11(21-12(3-6)14(18,19)20)7-4-9(16)10(17)5-8(7)15/h2-5H,1H3. The fraction of sp³-hybridized carbons (Fsp3) is 0.143. The quantitative estimate of drug-likeness (QED) is 0.506. The van der Waals surface area contributed by atoms with E-state index in [1.165, 1.54) is 12.1 Å². The van der Waals surface area contributed by atoms with Gasteiger partial charge in [0.1, 0.15) is 5.69 Å². The van der Waals surface area contributed by atoms with Gasteiger partial charge < -0.3 is 4.74 Å². The van der Waals surface area contributed by atoms with Gasteiger partial charge in [-0.25, -0.2) is 9.78 Å². The number of ether oxygens (including phenoxy) is 1. The minimum Gasteiger partial charge on any atom is -0.465 e. The van der Waals surface area contributed by atoms with Crippen molar-refractivity contribution in [1.82, 2.24) is 4.98 Å². The summed E-state index contributed by atoms with van der Waals surface area (Å²) in [5.41, 5.74) is -1.63. The summed E-state index contributed by atoms with van der Waals surface area (Å²) in [5.74, 6) is -0.935. The first-order valence-corrected chi connectivity index (χ1v) is 7.09. The molecule has 0 atom stereocenters. The summed E-state index contributed by atoms with van der Waals surface area (Å²) >= 11 is 17.6. The number of hydrogen-bond acceptors (Lipinski definition) is 3. The van der Waals surface area contributed by atoms with E-state index >= 15 is 0 Å². The number of carbonyl (C=O) groups excluding carboxylic acids is 1. The Hall–Kier alpha value is -1.50. The molecule has 0 amide bonds. The Morgan fingerprint density at radius 2 is 1.65 bits per heavy atom. The second-order valence-corrected chi connectivity index (χ2v) is 5.58. The molecule has 1 aromatic heterocycles. The van der Waals surface area contributed by atoms with Gasteiger partial charge in [0.2, 0.25) is 0 Å². The monoisotopic (exact) mass is 383 g/mol. The molecule has 0 saturated heterocycles. The van der Waals surface area contributed by atoms with E-state index in [1.807, 2.05) is 0 Å². The summed E-state index contributed by atoms with van der Waals surface area (Å²) in [6.07, 6.45) is -4.75. The zero-order valence-corrected chi connectivity index (χ0v) is 13.6. The zero-order valence-electron chi connectivity index (χ0n) is 11.3. The van der Waals surface area contributed by atoms with Gasteiger partial charge in [0.15, 0.2) is 0 Å². The summed E-state index contributed by atoms with van der Waals surface area (Å²) in [6, 6.07) is 4.28. The SMILES string of the molecule is COC(=O)c1cc(-c2cc(Cl)c(Cl)cc2Cl)nc(C(F)(F)F)c1. The van der Waals surface area contributed by atoms with E-state index in [0.29, 0.717) is 6.07 Å². The number of halogens is 6. The molecule has 0 aliphatic rings. The van der Waals surface area contributed by atoms with E-state index in [4.69, 9.17) is 34.8 Å². The van der Waals surface area contributed by atoms with E-state index in [9.17, 15) is 18.0 Å². The third kappa shape index (κ3) is 3.88. The van der Waals surface area contributed by atoms with E-state index in [1.54, 1.807) is 0 Å². The number of aromatic nitrogens is 1. The molecule has 1 heterocycles. The van der Waals surface area contributed by atoms with Crippen molar-refractivity contribution in [3.05, 3.63) is 50.6 Å². The Bertz CT molecular complexity index is 779. The van der Waals surface area contributed by atoms with Gasteiger partial charge in [-0.15, -0.1) is 0 Å². The number of rotatable bonds is 2. The maximum Gasteiger partial charge on any atom is 0.433 e. The minimum atomic E-state index is -4.75. The number of pyridine rings is 1. The van der Waals surface area contributed by atoms with E-state index in [-0.39, 0.29) is 31.9 Å². The third-order valence-electron chi connectivity index (χ3n) is 2.82. The first kappa shape index (κ1) is 17.8. The highest BCUT2D eigenvalue weighted by molar-refractivity contribution is 6.44. The van der Waals surface area contributed by atoms with E-state index in [2.05, 4.69) is 9.72 Å². The van der Waals surface area contributed by atoms with Gasteiger partial charge in [-0.1, -0.05) is 34.8 Å². The first-order valence-electron chi connectivity index (χ1n) is 5.96. The Balaban J connectivity index is 2.71. The Morgan fingerprint density at radius 1 is 1.04 bits per heavy atom. The number of methoxy groups -OCH3 is 1. The maximum atomic E-state index is 13.0. The lowest BCUT2D eigenvalue weighted by molar-refractivity contribution is -0.141. The van der Waals surface area contributed by atoms with E-state index < -0.39 is 17.8 Å². The van der Waals surface area contributed by atoms with Gasteiger partial charge in [-0.3, -0.25) is 0 Å². The zero-order chi connectivity index (χ0) is 17.4. The summed E-state index contributed by atoms with van der Waals surface area (Å²) < 4.78 is 43.4. The molecule has 0 spiro atoms. The summed E-state index contributed by atoms with van der Waals surface area (Å²) in [5, 5.41) is 0.271. The van der Waals surface area contributed by atoms with Crippen LogP contribution in [0.1, 0.15) is 16.1 Å². The number of alkyl halides is 3. The predicted octanol–water partition coefficient (Wildman–Crippen LogP) is 5.51. The van der Waals surface area contributed by atoms with Crippen LogP contribution in [0.4, 0.5) is 13.2 Å². The van der Waals surface area contributed by atoms with Gasteiger partial charge in [-0.2, -0.15) is 13.2 Å². The average Bonchev–Trinajstić information content (AvgIpc) is 2.48. The first-order chi connectivity index (χ1) is 10.6. The Morgan fingerprint density at radius 3 is 2.22 bits per heavy atom. The van der Waals surface area contributed by atoms with Crippen molar-refractivity contribution in [2.75, 3.05) is 7.11 Å². The summed E-state index contributed by atoms with van der Waals surface area (Å²) in [4.78, 5) is 15.1. The largest absolute Gasteiger partial charge is 0.465 e. The molecule has 0 bridgehead atoms. The molecule has 0 aliphatic carbocycles. The van der Waals surface area contributed by atoms with Crippen LogP contribution in [0.5, 0.6) is 0 Å². The highest BCUT2D eigenvalue weighted by Gasteiger charge is 2.34. The van der Waals surface area contributed by atoms with Gasteiger partial charge in [-0.05, 0) is 24.3 Å². The van der Waals surface area contributed by atoms with Crippen molar-refractivity contribution in [2.45, 2.75) is 6.18 Å². The maximum absolute atomic E-state index is 13.0. The second-order valence-electron chi connectivity index (χ2n) is 4.36. The summed E-state index contributed by atoms with van der Waals surface area (Å²) in [6.45, 7) is 0. The average molecular weight is 385 g/mol. The van der Waals surface area contributed by atoms with Crippen LogP contribution in [0.3, 0.4) is 0 Å². The highest BCUT2D eigenvalue weighted by Crippen LogP contribution is 2.37. The van der Waals surface area contributed by atoms with Crippen LogP contribution >= 0.6 is 34.8 Å². The smallest absolute Gasteiger partial charge is 0.433 e. The molecule has 122 valence electrons. The van der Waals surface area contributed by atoms with Crippen LogP contribution in [0, 0.1) is 0 Å². The molecule has 0 saturated carbocycles. The van der Waals surface area contributed by atoms with Crippen molar-refractivity contribution < 1.29 is 22.7 Å². The van der Waals surface area contributed by atoms with Gasteiger partial charge in [0.05, 0.1) is 33.4 Å². The van der Waals surface area contributed by atoms with Crippen molar-refractivity contribution >= 4 is 40.8 Å². The fourth-order valence-corrected chi connectivity index (χ4v) is 2.41. The molecule has 0 unspecified atom stereocenters. The number of benzene rings is 1. The fourth-order valence-electron chi connectivity index (χ4n) is 1.77. The summed E-state index contributed by atoms with van der Waals surface area (Å²) in [7, 11) is 1.06. The lowest BCUT2D eigenvalue weighted by Gasteiger charge is -2.12. The van der Waals surface area contributed by atoms with Gasteiger partial charge >= 0.3 is 12.1 Å². The van der Waals surface area contributed by atoms with Crippen molar-refractivity contribution in [3.8, 4) is 11.3 Å². The van der Waals surface area contributed by atoms with Gasteiger partial charge in [0.25, 0.3) is 0 Å². The Kier molecular flexibility index (Phi) is 5.08. The van der Waals surface area contributed by atoms with Crippen LogP contribution in [0.25, 0.3) is 11.3 Å². The molecule has 0 radical (unpaired) electrons. The van der Waals surface area contributed by atoms with Gasteiger partial charge in [0, 0.05) is 5.56 Å². The molecular formula is C14H7Cl3F3NO2. The molecule has 9 heteroatoms. The number of hydrogen-bond donors (Lipinski definition) is 0. The highest BCUT2D eigenvalue weighted by atomic mass is 35.5. The van der Waals surface area contributed by atoms with Crippen molar-refractivity contribution in [3.63, 3.8) is 0 Å². The van der Waals surface area contributed by atoms with Crippen LogP contribution in [0.2, 0.25) is 15.1 Å². The van der Waals surface area contributed by atoms with Crippen LogP contribution in [-0.2, 0) is 10.9 Å². The predicted molar refractivity (Wildman–Crippen MR) is 81.0 cm³/mol. The third-order valence-corrected chi connectivity index (χ3v) is 3.86. The van der Waals surface area contributed by atoms with Crippen LogP contribution in [0.15, 0.2) is 24.3 Å². The molecule has 2 rings (SSSR count). The second kappa shape index (κ2) is 6.55. The van der Waals surface area contributed by atoms with Crippen molar-refractivity contribution in [1.29, 1.82) is 0 Å².